The molecule has 3 rings (SSSR count). The predicted octanol–water partition coefficient (Wildman–Crippen LogP) is 3.06. The number of carbonyl (C=O) groups excluding carboxylic acids is 1. The molecule has 0 bridgehead atoms. The molecule has 2 heterocycles. The zero-order chi connectivity index (χ0) is 16.2. The minimum atomic E-state index is -0.0780. The second-order valence-electron chi connectivity index (χ2n) is 6.22. The Labute approximate surface area is 145 Å². The van der Waals surface area contributed by atoms with Crippen LogP contribution in [0.3, 0.4) is 0 Å². The fraction of sp³-hybridized carbons (Fsp3) is 0.588. The molecule has 2 N–H and O–H groups in total. The average Bonchev–Trinajstić information content (AvgIpc) is 2.55. The largest absolute Gasteiger partial charge is 0.493 e. The van der Waals surface area contributed by atoms with Crippen molar-refractivity contribution in [1.82, 2.24) is 15.5 Å². The number of fused-ring (bicyclic) bond motifs is 1. The number of carbonyl (C=O) groups is 1. The number of rotatable bonds is 3. The van der Waals surface area contributed by atoms with Gasteiger partial charge in [-0.05, 0) is 44.1 Å². The van der Waals surface area contributed by atoms with Gasteiger partial charge >= 0.3 is 6.03 Å². The minimum absolute atomic E-state index is 0.00196. The number of ether oxygens (including phenoxy) is 1. The Morgan fingerprint density at radius 3 is 3.09 bits per heavy atom. The van der Waals surface area contributed by atoms with E-state index in [1.54, 1.807) is 0 Å². The van der Waals surface area contributed by atoms with Crippen molar-refractivity contribution in [3.63, 3.8) is 0 Å². The molecule has 0 radical (unpaired) electrons. The normalized spacial score (nSPS) is 24.4. The number of nitrogens with zero attached hydrogens (tertiary/aromatic N) is 1. The molecule has 2 amide bonds. The number of amides is 2. The van der Waals surface area contributed by atoms with Crippen molar-refractivity contribution in [3.05, 3.63) is 28.2 Å². The number of benzene rings is 1. The van der Waals surface area contributed by atoms with Gasteiger partial charge in [0.15, 0.2) is 0 Å². The van der Waals surface area contributed by atoms with Crippen molar-refractivity contribution in [3.8, 4) is 5.75 Å². The molecular formula is C17H24BrN3O2. The first kappa shape index (κ1) is 16.6. The number of halogens is 1. The first-order valence-electron chi connectivity index (χ1n) is 8.37. The summed E-state index contributed by atoms with van der Waals surface area (Å²) in [6.45, 7) is 5.92. The number of nitrogens with one attached hydrogen (secondary N) is 2. The predicted molar refractivity (Wildman–Crippen MR) is 93.8 cm³/mol. The molecule has 5 nitrogen and oxygen atoms in total. The Bertz CT molecular complexity index is 567. The van der Waals surface area contributed by atoms with Crippen LogP contribution in [0.2, 0.25) is 0 Å². The van der Waals surface area contributed by atoms with Gasteiger partial charge in [0.05, 0.1) is 12.6 Å². The summed E-state index contributed by atoms with van der Waals surface area (Å²) in [5.41, 5.74) is 1.04. The molecule has 0 aliphatic carbocycles. The highest BCUT2D eigenvalue weighted by Crippen LogP contribution is 2.34. The van der Waals surface area contributed by atoms with E-state index in [9.17, 15) is 4.79 Å². The summed E-state index contributed by atoms with van der Waals surface area (Å²) in [6, 6.07) is 6.10. The van der Waals surface area contributed by atoms with Crippen LogP contribution in [-0.4, -0.2) is 43.2 Å². The third-order valence-corrected chi connectivity index (χ3v) is 5.10. The summed E-state index contributed by atoms with van der Waals surface area (Å²) >= 11 is 3.49. The number of urea groups is 1. The van der Waals surface area contributed by atoms with Crippen molar-refractivity contribution in [1.29, 1.82) is 0 Å². The van der Waals surface area contributed by atoms with E-state index in [1.165, 1.54) is 0 Å². The first-order valence-corrected chi connectivity index (χ1v) is 9.16. The van der Waals surface area contributed by atoms with Gasteiger partial charge in [0.1, 0.15) is 5.75 Å². The Morgan fingerprint density at radius 2 is 2.26 bits per heavy atom. The van der Waals surface area contributed by atoms with Crippen LogP contribution in [0.4, 0.5) is 4.79 Å². The molecular weight excluding hydrogens is 358 g/mol. The summed E-state index contributed by atoms with van der Waals surface area (Å²) in [5, 5.41) is 6.24. The van der Waals surface area contributed by atoms with E-state index in [4.69, 9.17) is 4.74 Å². The Hall–Kier alpha value is -1.27. The lowest BCUT2D eigenvalue weighted by molar-refractivity contribution is 0.188. The standard InChI is InChI=1S/C17H24BrN3O2/c1-2-21-8-3-4-13(11-21)19-17(22)20-15-7-9-23-16-6-5-12(18)10-14(15)16/h5-6,10,13,15H,2-4,7-9,11H2,1H3,(H2,19,20,22)/t13-,15-/m0/s1. The monoisotopic (exact) mass is 381 g/mol. The van der Waals surface area contributed by atoms with Crippen LogP contribution in [0.15, 0.2) is 22.7 Å². The van der Waals surface area contributed by atoms with E-state index in [-0.39, 0.29) is 18.1 Å². The van der Waals surface area contributed by atoms with Crippen molar-refractivity contribution in [2.75, 3.05) is 26.2 Å². The molecule has 0 unspecified atom stereocenters. The molecule has 2 atom stereocenters. The maximum absolute atomic E-state index is 12.4. The van der Waals surface area contributed by atoms with Gasteiger partial charge in [-0.3, -0.25) is 0 Å². The highest BCUT2D eigenvalue weighted by Gasteiger charge is 2.25. The van der Waals surface area contributed by atoms with Gasteiger partial charge in [-0.2, -0.15) is 0 Å². The second-order valence-corrected chi connectivity index (χ2v) is 7.14. The lowest BCUT2D eigenvalue weighted by Gasteiger charge is -2.33. The topological polar surface area (TPSA) is 53.6 Å². The van der Waals surface area contributed by atoms with Gasteiger partial charge in [0.2, 0.25) is 0 Å². The van der Waals surface area contributed by atoms with Gasteiger partial charge in [-0.1, -0.05) is 22.9 Å². The van der Waals surface area contributed by atoms with Crippen molar-refractivity contribution in [2.45, 2.75) is 38.3 Å². The quantitative estimate of drug-likeness (QED) is 0.845. The van der Waals surface area contributed by atoms with Gasteiger partial charge in [0.25, 0.3) is 0 Å². The maximum atomic E-state index is 12.4. The van der Waals surface area contributed by atoms with Gasteiger partial charge in [0, 0.05) is 29.0 Å². The smallest absolute Gasteiger partial charge is 0.315 e. The van der Waals surface area contributed by atoms with Gasteiger partial charge in [-0.25, -0.2) is 4.79 Å². The molecule has 2 aliphatic heterocycles. The summed E-state index contributed by atoms with van der Waals surface area (Å²) in [6.07, 6.45) is 2.99. The van der Waals surface area contributed by atoms with Crippen LogP contribution in [0, 0.1) is 0 Å². The van der Waals surface area contributed by atoms with Crippen LogP contribution in [-0.2, 0) is 0 Å². The molecule has 1 saturated heterocycles. The molecule has 1 aromatic rings. The number of likely N-dealkylation sites (tertiary alicyclic amines) is 1. The third kappa shape index (κ3) is 4.18. The summed E-state index contributed by atoms with van der Waals surface area (Å²) < 4.78 is 6.67. The Morgan fingerprint density at radius 1 is 1.39 bits per heavy atom. The molecule has 23 heavy (non-hydrogen) atoms. The number of hydrogen-bond donors (Lipinski definition) is 2. The second kappa shape index (κ2) is 7.53. The van der Waals surface area contributed by atoms with E-state index >= 15 is 0 Å². The van der Waals surface area contributed by atoms with Crippen LogP contribution >= 0.6 is 15.9 Å². The van der Waals surface area contributed by atoms with Crippen LogP contribution in [0.1, 0.15) is 37.8 Å². The Kier molecular flexibility index (Phi) is 5.43. The van der Waals surface area contributed by atoms with E-state index in [1.807, 2.05) is 18.2 Å². The highest BCUT2D eigenvalue weighted by molar-refractivity contribution is 9.10. The number of hydrogen-bond acceptors (Lipinski definition) is 3. The summed E-state index contributed by atoms with van der Waals surface area (Å²) in [7, 11) is 0. The highest BCUT2D eigenvalue weighted by atomic mass is 79.9. The Balaban J connectivity index is 1.59. The maximum Gasteiger partial charge on any atom is 0.315 e. The first-order chi connectivity index (χ1) is 11.2. The lowest BCUT2D eigenvalue weighted by Crippen LogP contribution is -2.51. The summed E-state index contributed by atoms with van der Waals surface area (Å²) in [4.78, 5) is 14.8. The fourth-order valence-corrected chi connectivity index (χ4v) is 3.74. The molecule has 126 valence electrons. The zero-order valence-corrected chi connectivity index (χ0v) is 15.1. The SMILES string of the molecule is CCN1CCC[C@H](NC(=O)N[C@H]2CCOc3ccc(Br)cc32)C1. The number of likely N-dealkylation sites (N-methyl/N-ethyl adjacent to an activating group) is 1. The molecule has 2 aliphatic rings. The van der Waals surface area contributed by atoms with Crippen LogP contribution < -0.4 is 15.4 Å². The third-order valence-electron chi connectivity index (χ3n) is 4.60. The van der Waals surface area contributed by atoms with E-state index in [0.29, 0.717) is 6.61 Å². The zero-order valence-electron chi connectivity index (χ0n) is 13.5. The number of piperidine rings is 1. The van der Waals surface area contributed by atoms with Crippen molar-refractivity contribution in [2.24, 2.45) is 0 Å². The van der Waals surface area contributed by atoms with E-state index < -0.39 is 0 Å². The van der Waals surface area contributed by atoms with Gasteiger partial charge < -0.3 is 20.3 Å². The van der Waals surface area contributed by atoms with E-state index in [2.05, 4.69) is 38.4 Å². The van der Waals surface area contributed by atoms with Crippen molar-refractivity contribution < 1.29 is 9.53 Å². The van der Waals surface area contributed by atoms with Gasteiger partial charge in [-0.15, -0.1) is 0 Å². The van der Waals surface area contributed by atoms with Crippen LogP contribution in [0.5, 0.6) is 5.75 Å². The molecule has 1 fully saturated rings. The molecule has 6 heteroatoms. The van der Waals surface area contributed by atoms with E-state index in [0.717, 1.165) is 54.7 Å². The molecule has 0 saturated carbocycles. The minimum Gasteiger partial charge on any atom is -0.493 e. The van der Waals surface area contributed by atoms with Crippen molar-refractivity contribution >= 4 is 22.0 Å². The molecule has 1 aromatic carbocycles. The summed E-state index contributed by atoms with van der Waals surface area (Å²) in [5.74, 6) is 0.861. The lowest BCUT2D eigenvalue weighted by atomic mass is 10.0. The molecule has 0 aromatic heterocycles. The fourth-order valence-electron chi connectivity index (χ4n) is 3.36. The molecule has 0 spiro atoms. The average molecular weight is 382 g/mol. The van der Waals surface area contributed by atoms with Crippen LogP contribution in [0.25, 0.3) is 0 Å².